The van der Waals surface area contributed by atoms with Crippen LogP contribution in [-0.4, -0.2) is 47.1 Å². The van der Waals surface area contributed by atoms with E-state index in [2.05, 4.69) is 5.32 Å². The second kappa shape index (κ2) is 12.8. The monoisotopic (exact) mass is 723 g/mol. The summed E-state index contributed by atoms with van der Waals surface area (Å²) in [6.07, 6.45) is -13.3. The van der Waals surface area contributed by atoms with Crippen LogP contribution in [0.25, 0.3) is 0 Å². The number of fused-ring (bicyclic) bond motifs is 1. The molecule has 0 radical (unpaired) electrons. The zero-order chi connectivity index (χ0) is 35.9. The molecular formula is C29H27F6N3O8S2. The van der Waals surface area contributed by atoms with Crippen LogP contribution < -0.4 is 19.1 Å². The second-order valence-electron chi connectivity index (χ2n) is 11.3. The molecule has 0 spiro atoms. The van der Waals surface area contributed by atoms with Crippen LogP contribution >= 0.6 is 0 Å². The maximum atomic E-state index is 13.8. The Morgan fingerprint density at radius 3 is 2.19 bits per heavy atom. The SMILES string of the molecule is CC(C)(C)OC(=O)Nc1ccc2c(c1)N(S(=O)(=O)c1cccc(C(F)(F)F)c1)CC(CC(=O)NS(=O)(=O)c1ccccc1C(F)(F)F)O2. The van der Waals surface area contributed by atoms with Gasteiger partial charge in [-0.05, 0) is 69.3 Å². The third-order valence-corrected chi connectivity index (χ3v) is 9.64. The van der Waals surface area contributed by atoms with Crippen LogP contribution in [0, 0.1) is 0 Å². The van der Waals surface area contributed by atoms with Crippen molar-refractivity contribution in [1.82, 2.24) is 4.72 Å². The number of anilines is 2. The van der Waals surface area contributed by atoms with Crippen LogP contribution in [0.1, 0.15) is 38.3 Å². The minimum absolute atomic E-state index is 0.0125. The van der Waals surface area contributed by atoms with Crippen molar-refractivity contribution in [2.75, 3.05) is 16.2 Å². The molecule has 3 aromatic carbocycles. The smallest absolute Gasteiger partial charge is 0.417 e. The Balaban J connectivity index is 1.68. The van der Waals surface area contributed by atoms with E-state index in [1.807, 2.05) is 0 Å². The summed E-state index contributed by atoms with van der Waals surface area (Å²) in [6, 6.07) is 9.47. The number of rotatable bonds is 7. The van der Waals surface area contributed by atoms with E-state index in [9.17, 15) is 52.8 Å². The van der Waals surface area contributed by atoms with E-state index in [1.165, 1.54) is 16.9 Å². The molecule has 1 atom stereocenters. The molecule has 0 saturated heterocycles. The van der Waals surface area contributed by atoms with Crippen molar-refractivity contribution < 1.29 is 62.2 Å². The van der Waals surface area contributed by atoms with Crippen LogP contribution in [-0.2, 0) is 41.9 Å². The normalized spacial score (nSPS) is 15.6. The van der Waals surface area contributed by atoms with Gasteiger partial charge in [-0.25, -0.2) is 26.4 Å². The van der Waals surface area contributed by atoms with E-state index in [-0.39, 0.29) is 17.1 Å². The first kappa shape index (κ1) is 36.3. The van der Waals surface area contributed by atoms with Crippen molar-refractivity contribution in [2.45, 2.75) is 61.0 Å². The standard InChI is InChI=1S/C29H27F6N3O8S2/c1-27(2,3)46-26(40)36-18-11-12-23-22(14-18)38(48(43,44)20-8-6-7-17(13-20)28(30,31)32)16-19(45-23)15-25(39)37-47(41,42)24-10-5-4-9-21(24)29(33,34)35/h4-14,19H,15-16H2,1-3H3,(H,36,40)(H,37,39). The van der Waals surface area contributed by atoms with Crippen LogP contribution in [0.4, 0.5) is 42.5 Å². The van der Waals surface area contributed by atoms with Crippen LogP contribution in [0.2, 0.25) is 0 Å². The minimum atomic E-state index is -5.08. The second-order valence-corrected chi connectivity index (χ2v) is 14.9. The molecule has 260 valence electrons. The molecule has 0 saturated carbocycles. The van der Waals surface area contributed by atoms with Gasteiger partial charge in [0.1, 0.15) is 17.5 Å². The summed E-state index contributed by atoms with van der Waals surface area (Å²) in [5.74, 6) is -1.62. The summed E-state index contributed by atoms with van der Waals surface area (Å²) in [6.45, 7) is 4.00. The van der Waals surface area contributed by atoms with Gasteiger partial charge in [0.05, 0.1) is 39.6 Å². The lowest BCUT2D eigenvalue weighted by Crippen LogP contribution is -2.46. The van der Waals surface area contributed by atoms with Gasteiger partial charge in [0, 0.05) is 5.69 Å². The lowest BCUT2D eigenvalue weighted by molar-refractivity contribution is -0.140. The molecule has 0 fully saturated rings. The molecule has 2 amide bonds. The summed E-state index contributed by atoms with van der Waals surface area (Å²) in [5, 5.41) is 2.39. The number of amides is 2. The molecule has 2 N–H and O–H groups in total. The molecule has 11 nitrogen and oxygen atoms in total. The maximum Gasteiger partial charge on any atom is 0.417 e. The van der Waals surface area contributed by atoms with Gasteiger partial charge in [-0.2, -0.15) is 26.3 Å². The quantitative estimate of drug-likeness (QED) is 0.286. The average molecular weight is 724 g/mol. The number of nitrogens with one attached hydrogen (secondary N) is 2. The predicted molar refractivity (Wildman–Crippen MR) is 158 cm³/mol. The third kappa shape index (κ3) is 8.49. The van der Waals surface area contributed by atoms with Crippen molar-refractivity contribution in [2.24, 2.45) is 0 Å². The maximum absolute atomic E-state index is 13.8. The van der Waals surface area contributed by atoms with Gasteiger partial charge in [0.25, 0.3) is 20.0 Å². The zero-order valence-corrected chi connectivity index (χ0v) is 26.8. The number of hydrogen-bond donors (Lipinski definition) is 2. The fourth-order valence-electron chi connectivity index (χ4n) is 4.49. The van der Waals surface area contributed by atoms with Gasteiger partial charge in [-0.3, -0.25) is 14.4 Å². The van der Waals surface area contributed by atoms with Gasteiger partial charge in [-0.15, -0.1) is 0 Å². The number of carbonyl (C=O) groups excluding carboxylic acids is 2. The lowest BCUT2D eigenvalue weighted by atomic mass is 10.1. The van der Waals surface area contributed by atoms with Crippen molar-refractivity contribution in [3.05, 3.63) is 77.9 Å². The van der Waals surface area contributed by atoms with Crippen LogP contribution in [0.15, 0.2) is 76.5 Å². The highest BCUT2D eigenvalue weighted by atomic mass is 32.2. The van der Waals surface area contributed by atoms with E-state index in [1.54, 1.807) is 20.8 Å². The topological polar surface area (TPSA) is 148 Å². The summed E-state index contributed by atoms with van der Waals surface area (Å²) >= 11 is 0. The number of hydrogen-bond acceptors (Lipinski definition) is 8. The number of nitrogens with zero attached hydrogens (tertiary/aromatic N) is 1. The Kier molecular flexibility index (Phi) is 9.71. The Hall–Kier alpha value is -4.52. The van der Waals surface area contributed by atoms with E-state index in [4.69, 9.17) is 9.47 Å². The third-order valence-electron chi connectivity index (χ3n) is 6.43. The Morgan fingerprint density at radius 1 is 0.896 bits per heavy atom. The van der Waals surface area contributed by atoms with Crippen LogP contribution in [0.3, 0.4) is 0 Å². The number of benzene rings is 3. The first-order chi connectivity index (χ1) is 22.0. The number of ether oxygens (including phenoxy) is 2. The first-order valence-electron chi connectivity index (χ1n) is 13.7. The molecule has 48 heavy (non-hydrogen) atoms. The zero-order valence-electron chi connectivity index (χ0n) is 25.1. The highest BCUT2D eigenvalue weighted by Gasteiger charge is 2.40. The summed E-state index contributed by atoms with van der Waals surface area (Å²) < 4.78 is 147. The molecule has 1 heterocycles. The lowest BCUT2D eigenvalue weighted by Gasteiger charge is -2.35. The Bertz CT molecular complexity index is 1940. The molecule has 19 heteroatoms. The highest BCUT2D eigenvalue weighted by molar-refractivity contribution is 7.92. The molecule has 1 aliphatic rings. The van der Waals surface area contributed by atoms with Crippen molar-refractivity contribution in [3.63, 3.8) is 0 Å². The Morgan fingerprint density at radius 2 is 1.56 bits per heavy atom. The molecule has 0 aliphatic carbocycles. The Labute approximate surface area is 270 Å². The van der Waals surface area contributed by atoms with Gasteiger partial charge >= 0.3 is 18.4 Å². The summed E-state index contributed by atoms with van der Waals surface area (Å²) in [4.78, 5) is 23.1. The highest BCUT2D eigenvalue weighted by Crippen LogP contribution is 2.41. The number of alkyl halides is 6. The largest absolute Gasteiger partial charge is 0.486 e. The number of halogens is 6. The molecule has 1 unspecified atom stereocenters. The van der Waals surface area contributed by atoms with Gasteiger partial charge in [0.2, 0.25) is 5.91 Å². The van der Waals surface area contributed by atoms with Crippen molar-refractivity contribution in [1.29, 1.82) is 0 Å². The first-order valence-corrected chi connectivity index (χ1v) is 16.6. The van der Waals surface area contributed by atoms with Crippen LogP contribution in [0.5, 0.6) is 5.75 Å². The van der Waals surface area contributed by atoms with Gasteiger partial charge in [-0.1, -0.05) is 18.2 Å². The van der Waals surface area contributed by atoms with Gasteiger partial charge in [0.15, 0.2) is 0 Å². The molecule has 1 aliphatic heterocycles. The van der Waals surface area contributed by atoms with E-state index in [0.29, 0.717) is 28.6 Å². The van der Waals surface area contributed by atoms with E-state index < -0.39 is 90.0 Å². The predicted octanol–water partition coefficient (Wildman–Crippen LogP) is 5.92. The number of sulfonamides is 2. The molecule has 0 aromatic heterocycles. The average Bonchev–Trinajstić information content (AvgIpc) is 2.94. The molecule has 4 rings (SSSR count). The molecular weight excluding hydrogens is 696 g/mol. The molecule has 3 aromatic rings. The fourth-order valence-corrected chi connectivity index (χ4v) is 7.26. The molecule has 0 bridgehead atoms. The van der Waals surface area contributed by atoms with E-state index in [0.717, 1.165) is 30.3 Å². The number of carbonyl (C=O) groups is 2. The minimum Gasteiger partial charge on any atom is -0.486 e. The van der Waals surface area contributed by atoms with Crippen molar-refractivity contribution in [3.8, 4) is 5.75 Å². The summed E-state index contributed by atoms with van der Waals surface area (Å²) in [5.41, 5.74) is -4.01. The van der Waals surface area contributed by atoms with Gasteiger partial charge < -0.3 is 9.47 Å². The fraction of sp³-hybridized carbons (Fsp3) is 0.310. The van der Waals surface area contributed by atoms with Crippen molar-refractivity contribution >= 4 is 43.4 Å². The van der Waals surface area contributed by atoms with E-state index >= 15 is 0 Å². The summed E-state index contributed by atoms with van der Waals surface area (Å²) in [7, 11) is -9.95.